The molecule has 1 unspecified atom stereocenters. The highest BCUT2D eigenvalue weighted by Gasteiger charge is 2.35. The van der Waals surface area contributed by atoms with Gasteiger partial charge in [0.25, 0.3) is 40.5 Å². The number of nitrogens with zero attached hydrogens (tertiary/aromatic N) is 2. The Bertz CT molecular complexity index is 1880. The van der Waals surface area contributed by atoms with Gasteiger partial charge in [0.1, 0.15) is 19.6 Å². The third-order valence-electron chi connectivity index (χ3n) is 4.58. The Morgan fingerprint density at radius 3 is 1.56 bits per heavy atom. The van der Waals surface area contributed by atoms with Crippen molar-refractivity contribution in [1.29, 1.82) is 0 Å². The van der Waals surface area contributed by atoms with Crippen LogP contribution in [-0.2, 0) is 40.5 Å². The summed E-state index contributed by atoms with van der Waals surface area (Å²) in [7, 11) is -20.5. The Morgan fingerprint density at radius 2 is 1.13 bits per heavy atom. The number of halogens is 1. The molecule has 0 bridgehead atoms. The predicted octanol–water partition coefficient (Wildman–Crippen LogP) is -1.07. The summed E-state index contributed by atoms with van der Waals surface area (Å²) in [6, 6.07) is -1.85. The maximum absolute atomic E-state index is 15.6. The Hall–Kier alpha value is -3.65. The lowest BCUT2D eigenvalue weighted by Crippen LogP contribution is -2.42. The summed E-state index contributed by atoms with van der Waals surface area (Å²) in [6.07, 6.45) is 0.560. The van der Waals surface area contributed by atoms with Gasteiger partial charge in [0.2, 0.25) is 5.96 Å². The van der Waals surface area contributed by atoms with Crippen molar-refractivity contribution in [2.75, 3.05) is 22.1 Å². The molecular weight excluding hydrogens is 617 g/mol. The summed E-state index contributed by atoms with van der Waals surface area (Å²) in [4.78, 5) is 2.25. The zero-order valence-corrected chi connectivity index (χ0v) is 21.8. The Kier molecular flexibility index (Phi) is 7.30. The quantitative estimate of drug-likeness (QED) is 0.0995. The van der Waals surface area contributed by atoms with Crippen molar-refractivity contribution in [3.05, 3.63) is 24.3 Å². The van der Waals surface area contributed by atoms with E-state index in [0.717, 1.165) is 0 Å². The molecule has 0 fully saturated rings. The molecule has 0 spiro atoms. The minimum atomic E-state index is -5.21. The number of aliphatic imine (C=N–C) groups is 2. The molecule has 1 aliphatic rings. The molecule has 214 valence electrons. The normalized spacial score (nSPS) is 18.2. The highest BCUT2D eigenvalue weighted by Crippen LogP contribution is 2.34. The Labute approximate surface area is 218 Å². The summed E-state index contributed by atoms with van der Waals surface area (Å²) in [5.41, 5.74) is 7.33. The van der Waals surface area contributed by atoms with Gasteiger partial charge in [-0.2, -0.15) is 48.0 Å². The molecule has 2 aromatic rings. The van der Waals surface area contributed by atoms with Gasteiger partial charge < -0.3 is 27.4 Å². The number of hydrogen-bond donors (Lipinski definition) is 9. The van der Waals surface area contributed by atoms with Gasteiger partial charge in [0.15, 0.2) is 0 Å². The zero-order valence-electron chi connectivity index (χ0n) is 18.5. The highest BCUT2D eigenvalue weighted by molar-refractivity contribution is 7.87. The lowest BCUT2D eigenvalue weighted by molar-refractivity contribution is 0.226. The van der Waals surface area contributed by atoms with Crippen molar-refractivity contribution >= 4 is 75.5 Å². The highest BCUT2D eigenvalue weighted by atomic mass is 32.2. The molecule has 1 aliphatic heterocycles. The summed E-state index contributed by atoms with van der Waals surface area (Å²) in [6.45, 7) is 0. The molecule has 0 saturated carbocycles. The van der Waals surface area contributed by atoms with E-state index in [2.05, 4.69) is 20.6 Å². The summed E-state index contributed by atoms with van der Waals surface area (Å²) in [5.74, 6) is -0.796. The van der Waals surface area contributed by atoms with Gasteiger partial charge in [-0.15, -0.1) is 0 Å². The van der Waals surface area contributed by atoms with Gasteiger partial charge >= 0.3 is 6.04 Å². The molecule has 0 saturated heterocycles. The van der Waals surface area contributed by atoms with E-state index in [9.17, 15) is 51.9 Å². The van der Waals surface area contributed by atoms with E-state index in [1.54, 1.807) is 5.32 Å². The predicted molar refractivity (Wildman–Crippen MR) is 131 cm³/mol. The number of anilines is 4. The van der Waals surface area contributed by atoms with Gasteiger partial charge in [0.05, 0.1) is 29.1 Å². The minimum absolute atomic E-state index is 0.337. The SMILES string of the molecule is Nc1cc(S(=O)(=O)O)c(NC2=NC(F)(Nc3cc(S(=O)(=O)O)c(N)cc3S(=O)(=O)O)N=CN2)cc1S(=O)(=O)O. The number of nitrogens with two attached hydrogens (primary N) is 2. The van der Waals surface area contributed by atoms with Crippen molar-refractivity contribution < 1.29 is 56.3 Å². The fraction of sp³-hybridized carbons (Fsp3) is 0.0667. The third kappa shape index (κ3) is 6.68. The number of guanidine groups is 1. The van der Waals surface area contributed by atoms with Crippen molar-refractivity contribution in [1.82, 2.24) is 5.32 Å². The fourth-order valence-corrected chi connectivity index (χ4v) is 5.61. The van der Waals surface area contributed by atoms with Crippen molar-refractivity contribution in [2.45, 2.75) is 25.6 Å². The molecule has 2 aromatic carbocycles. The molecule has 24 heteroatoms. The van der Waals surface area contributed by atoms with Crippen LogP contribution in [0.3, 0.4) is 0 Å². The minimum Gasteiger partial charge on any atom is -0.398 e. The van der Waals surface area contributed by atoms with E-state index in [1.807, 2.05) is 0 Å². The third-order valence-corrected chi connectivity index (χ3v) is 8.19. The number of rotatable bonds is 7. The van der Waals surface area contributed by atoms with Crippen LogP contribution in [0.25, 0.3) is 0 Å². The molecule has 0 aromatic heterocycles. The molecule has 0 aliphatic carbocycles. The standard InChI is InChI=1S/C15H16FN7O12S4/c16-15(22-9-4-11(37(27,28)29)7(18)2-13(9)39(33,34)35)20-5-19-14(23-15)21-8-3-10(36(24,25)26)6(17)1-12(8)38(30,31)32/h1-5,22H,17-18H2,(H,24,25,26)(H,27,28,29)(H,30,31,32)(H,33,34,35)(H2,19,20,21,23). The van der Waals surface area contributed by atoms with E-state index in [-0.39, 0.29) is 0 Å². The van der Waals surface area contributed by atoms with Crippen LogP contribution in [-0.4, -0.2) is 70.2 Å². The van der Waals surface area contributed by atoms with Crippen LogP contribution in [0.2, 0.25) is 0 Å². The molecule has 3 rings (SSSR count). The Morgan fingerprint density at radius 1 is 0.718 bits per heavy atom. The van der Waals surface area contributed by atoms with Crippen molar-refractivity contribution in [2.24, 2.45) is 9.98 Å². The maximum Gasteiger partial charge on any atom is 0.383 e. The first kappa shape index (κ1) is 29.9. The zero-order chi connectivity index (χ0) is 29.8. The number of benzene rings is 2. The summed E-state index contributed by atoms with van der Waals surface area (Å²) < 4.78 is 146. The van der Waals surface area contributed by atoms with Crippen molar-refractivity contribution in [3.63, 3.8) is 0 Å². The molecule has 11 N–H and O–H groups in total. The van der Waals surface area contributed by atoms with Gasteiger partial charge in [-0.25, -0.2) is 0 Å². The van der Waals surface area contributed by atoms with E-state index >= 15 is 4.39 Å². The van der Waals surface area contributed by atoms with E-state index in [1.165, 1.54) is 0 Å². The molecule has 1 atom stereocenters. The van der Waals surface area contributed by atoms with Crippen LogP contribution in [0.1, 0.15) is 0 Å². The first-order valence-electron chi connectivity index (χ1n) is 9.42. The first-order chi connectivity index (χ1) is 17.5. The number of nitrogens with one attached hydrogen (secondary N) is 3. The smallest absolute Gasteiger partial charge is 0.383 e. The number of hydrogen-bond acceptors (Lipinski definition) is 15. The van der Waals surface area contributed by atoms with Gasteiger partial charge in [-0.3, -0.25) is 18.2 Å². The number of nitrogen functional groups attached to an aromatic ring is 2. The van der Waals surface area contributed by atoms with Crippen LogP contribution in [0.15, 0.2) is 53.8 Å². The summed E-state index contributed by atoms with van der Waals surface area (Å²) in [5, 5.41) is 6.03. The van der Waals surface area contributed by atoms with E-state index < -0.39 is 94.8 Å². The van der Waals surface area contributed by atoms with Crippen LogP contribution >= 0.6 is 0 Å². The lowest BCUT2D eigenvalue weighted by atomic mass is 10.2. The second-order valence-electron chi connectivity index (χ2n) is 7.37. The van der Waals surface area contributed by atoms with Crippen molar-refractivity contribution in [3.8, 4) is 0 Å². The molecule has 0 radical (unpaired) electrons. The van der Waals surface area contributed by atoms with E-state index in [4.69, 9.17) is 11.5 Å². The maximum atomic E-state index is 15.6. The first-order valence-corrected chi connectivity index (χ1v) is 15.2. The van der Waals surface area contributed by atoms with Gasteiger partial charge in [-0.1, -0.05) is 0 Å². The largest absolute Gasteiger partial charge is 0.398 e. The second-order valence-corrected chi connectivity index (χ2v) is 12.9. The van der Waals surface area contributed by atoms with Crippen LogP contribution in [0.5, 0.6) is 0 Å². The Balaban J connectivity index is 2.13. The monoisotopic (exact) mass is 633 g/mol. The molecule has 39 heavy (non-hydrogen) atoms. The summed E-state index contributed by atoms with van der Waals surface area (Å²) >= 11 is 0. The van der Waals surface area contributed by atoms with Crippen LogP contribution in [0.4, 0.5) is 27.1 Å². The fourth-order valence-electron chi connectivity index (χ4n) is 3.03. The average molecular weight is 634 g/mol. The molecular formula is C15H16FN7O12S4. The lowest BCUT2D eigenvalue weighted by Gasteiger charge is -2.25. The van der Waals surface area contributed by atoms with E-state index in [0.29, 0.717) is 30.6 Å². The molecule has 0 amide bonds. The molecule has 1 heterocycles. The number of alkyl halides is 1. The second kappa shape index (κ2) is 9.52. The van der Waals surface area contributed by atoms with Gasteiger partial charge in [0, 0.05) is 0 Å². The van der Waals surface area contributed by atoms with Gasteiger partial charge in [-0.05, 0) is 24.3 Å². The average Bonchev–Trinajstić information content (AvgIpc) is 2.72. The molecule has 19 nitrogen and oxygen atoms in total. The van der Waals surface area contributed by atoms with Crippen LogP contribution < -0.4 is 27.4 Å². The topological polar surface area (TPSA) is 330 Å². The van der Waals surface area contributed by atoms with Crippen LogP contribution in [0, 0.1) is 0 Å².